The summed E-state index contributed by atoms with van der Waals surface area (Å²) in [4.78, 5) is 2.07. The fraction of sp³-hybridized carbons (Fsp3) is 0. The smallest absolute Gasteiger partial charge is 0.234 e. The SMILES string of the molecule is Oc1cc(O)c(O)[nH]1. The van der Waals surface area contributed by atoms with Crippen molar-refractivity contribution >= 4 is 0 Å². The van der Waals surface area contributed by atoms with Crippen LogP contribution in [-0.2, 0) is 0 Å². The molecule has 0 aliphatic rings. The molecule has 4 N–H and O–H groups in total. The summed E-state index contributed by atoms with van der Waals surface area (Å²) < 4.78 is 0. The summed E-state index contributed by atoms with van der Waals surface area (Å²) in [6, 6.07) is 1.01. The van der Waals surface area contributed by atoms with Crippen molar-refractivity contribution in [2.75, 3.05) is 0 Å². The van der Waals surface area contributed by atoms with Gasteiger partial charge in [0.25, 0.3) is 0 Å². The summed E-state index contributed by atoms with van der Waals surface area (Å²) in [6.45, 7) is 0. The molecular weight excluding hydrogens is 110 g/mol. The van der Waals surface area contributed by atoms with Gasteiger partial charge in [-0.25, -0.2) is 0 Å². The lowest BCUT2D eigenvalue weighted by atomic mass is 10.6. The third kappa shape index (κ3) is 0.556. The maximum atomic E-state index is 8.50. The van der Waals surface area contributed by atoms with Crippen LogP contribution in [0, 0.1) is 0 Å². The van der Waals surface area contributed by atoms with Crippen LogP contribution in [0.4, 0.5) is 0 Å². The number of rotatable bonds is 0. The van der Waals surface area contributed by atoms with Crippen LogP contribution < -0.4 is 0 Å². The average Bonchev–Trinajstić information content (AvgIpc) is 1.85. The van der Waals surface area contributed by atoms with Crippen LogP contribution in [0.5, 0.6) is 17.5 Å². The Morgan fingerprint density at radius 2 is 1.88 bits per heavy atom. The maximum Gasteiger partial charge on any atom is 0.234 e. The summed E-state index contributed by atoms with van der Waals surface area (Å²) in [5, 5.41) is 25.4. The van der Waals surface area contributed by atoms with Gasteiger partial charge >= 0.3 is 0 Å². The van der Waals surface area contributed by atoms with Crippen molar-refractivity contribution in [2.24, 2.45) is 0 Å². The van der Waals surface area contributed by atoms with Crippen molar-refractivity contribution in [2.45, 2.75) is 0 Å². The van der Waals surface area contributed by atoms with E-state index in [1.165, 1.54) is 0 Å². The highest BCUT2D eigenvalue weighted by Crippen LogP contribution is 2.26. The van der Waals surface area contributed by atoms with E-state index in [-0.39, 0.29) is 11.6 Å². The number of hydrogen-bond donors (Lipinski definition) is 4. The van der Waals surface area contributed by atoms with E-state index in [9.17, 15) is 0 Å². The predicted octanol–water partition coefficient (Wildman–Crippen LogP) is 0.131. The molecule has 0 unspecified atom stereocenters. The molecule has 4 heteroatoms. The third-order valence-corrected chi connectivity index (χ3v) is 0.763. The molecule has 0 atom stereocenters. The zero-order chi connectivity index (χ0) is 6.15. The van der Waals surface area contributed by atoms with Crippen LogP contribution in [0.1, 0.15) is 0 Å². The lowest BCUT2D eigenvalue weighted by molar-refractivity contribution is 0.392. The van der Waals surface area contributed by atoms with E-state index < -0.39 is 5.88 Å². The normalized spacial score (nSPS) is 9.50. The molecule has 0 spiro atoms. The molecule has 1 heterocycles. The molecule has 4 nitrogen and oxygen atoms in total. The van der Waals surface area contributed by atoms with E-state index >= 15 is 0 Å². The Morgan fingerprint density at radius 3 is 2.00 bits per heavy atom. The lowest BCUT2D eigenvalue weighted by Crippen LogP contribution is -1.58. The second-order valence-electron chi connectivity index (χ2n) is 1.39. The molecule has 0 saturated carbocycles. The Balaban J connectivity index is 3.14. The molecule has 1 aromatic heterocycles. The zero-order valence-electron chi connectivity index (χ0n) is 3.92. The Hall–Kier alpha value is -1.32. The Kier molecular flexibility index (Phi) is 0.802. The van der Waals surface area contributed by atoms with Crippen LogP contribution in [0.3, 0.4) is 0 Å². The van der Waals surface area contributed by atoms with E-state index in [0.717, 1.165) is 6.07 Å². The molecule has 0 aromatic carbocycles. The summed E-state index contributed by atoms with van der Waals surface area (Å²) in [6.07, 6.45) is 0. The first-order valence-corrected chi connectivity index (χ1v) is 2.00. The summed E-state index contributed by atoms with van der Waals surface area (Å²) >= 11 is 0. The third-order valence-electron chi connectivity index (χ3n) is 0.763. The minimum Gasteiger partial charge on any atom is -0.503 e. The Bertz CT molecular complexity index is 174. The van der Waals surface area contributed by atoms with Crippen LogP contribution in [0.2, 0.25) is 0 Å². The second-order valence-corrected chi connectivity index (χ2v) is 1.39. The molecule has 0 aliphatic heterocycles. The zero-order valence-corrected chi connectivity index (χ0v) is 3.92. The van der Waals surface area contributed by atoms with E-state index in [1.807, 2.05) is 0 Å². The summed E-state index contributed by atoms with van der Waals surface area (Å²) in [7, 11) is 0. The van der Waals surface area contributed by atoms with E-state index in [1.54, 1.807) is 0 Å². The number of aromatic nitrogens is 1. The largest absolute Gasteiger partial charge is 0.503 e. The molecule has 0 fully saturated rings. The topological polar surface area (TPSA) is 76.5 Å². The monoisotopic (exact) mass is 115 g/mol. The van der Waals surface area contributed by atoms with Gasteiger partial charge in [-0.2, -0.15) is 0 Å². The number of aromatic hydroxyl groups is 3. The van der Waals surface area contributed by atoms with Crippen molar-refractivity contribution in [1.29, 1.82) is 0 Å². The fourth-order valence-corrected chi connectivity index (χ4v) is 0.419. The van der Waals surface area contributed by atoms with Crippen molar-refractivity contribution in [3.8, 4) is 17.5 Å². The highest BCUT2D eigenvalue weighted by molar-refractivity contribution is 5.37. The standard InChI is InChI=1S/C4H5NO3/c6-2-1-3(7)5-4(2)8/h1,5-8H. The van der Waals surface area contributed by atoms with Crippen molar-refractivity contribution in [1.82, 2.24) is 4.98 Å². The summed E-state index contributed by atoms with van der Waals surface area (Å²) in [5.41, 5.74) is 0. The van der Waals surface area contributed by atoms with E-state index in [2.05, 4.69) is 4.98 Å². The molecule has 44 valence electrons. The van der Waals surface area contributed by atoms with Crippen molar-refractivity contribution < 1.29 is 15.3 Å². The van der Waals surface area contributed by atoms with Gasteiger partial charge in [-0.05, 0) is 0 Å². The fourth-order valence-electron chi connectivity index (χ4n) is 0.419. The van der Waals surface area contributed by atoms with Gasteiger partial charge < -0.3 is 15.3 Å². The highest BCUT2D eigenvalue weighted by Gasteiger charge is 2.00. The number of nitrogens with one attached hydrogen (secondary N) is 1. The summed E-state index contributed by atoms with van der Waals surface area (Å²) in [5.74, 6) is -1.01. The van der Waals surface area contributed by atoms with Crippen molar-refractivity contribution in [3.05, 3.63) is 6.07 Å². The molecular formula is C4H5NO3. The molecule has 0 aliphatic carbocycles. The van der Waals surface area contributed by atoms with Crippen molar-refractivity contribution in [3.63, 3.8) is 0 Å². The van der Waals surface area contributed by atoms with Gasteiger partial charge in [0.2, 0.25) is 5.88 Å². The Labute approximate surface area is 45.0 Å². The minimum atomic E-state index is -0.414. The van der Waals surface area contributed by atoms with Gasteiger partial charge in [-0.3, -0.25) is 4.98 Å². The van der Waals surface area contributed by atoms with E-state index in [0.29, 0.717) is 0 Å². The highest BCUT2D eigenvalue weighted by atomic mass is 16.3. The van der Waals surface area contributed by atoms with Gasteiger partial charge in [-0.15, -0.1) is 0 Å². The number of aromatic amines is 1. The van der Waals surface area contributed by atoms with Crippen LogP contribution in [0.15, 0.2) is 6.07 Å². The molecule has 1 aromatic rings. The first kappa shape index (κ1) is 4.83. The van der Waals surface area contributed by atoms with Gasteiger partial charge in [-0.1, -0.05) is 0 Å². The average molecular weight is 115 g/mol. The quantitative estimate of drug-likeness (QED) is 0.388. The van der Waals surface area contributed by atoms with Crippen LogP contribution in [-0.4, -0.2) is 20.3 Å². The Morgan fingerprint density at radius 1 is 1.25 bits per heavy atom. The molecule has 0 amide bonds. The van der Waals surface area contributed by atoms with E-state index in [4.69, 9.17) is 15.3 Å². The first-order chi connectivity index (χ1) is 3.70. The van der Waals surface area contributed by atoms with Gasteiger partial charge in [0.1, 0.15) is 0 Å². The van der Waals surface area contributed by atoms with Crippen LogP contribution in [0.25, 0.3) is 0 Å². The molecule has 8 heavy (non-hydrogen) atoms. The molecule has 0 saturated heterocycles. The van der Waals surface area contributed by atoms with Crippen LogP contribution >= 0.6 is 0 Å². The maximum absolute atomic E-state index is 8.50. The molecule has 0 bridgehead atoms. The predicted molar refractivity (Wildman–Crippen MR) is 25.8 cm³/mol. The second kappa shape index (κ2) is 1.33. The number of H-pyrrole nitrogens is 1. The number of hydrogen-bond acceptors (Lipinski definition) is 3. The van der Waals surface area contributed by atoms with Gasteiger partial charge in [0, 0.05) is 6.07 Å². The lowest BCUT2D eigenvalue weighted by Gasteiger charge is -1.80. The first-order valence-electron chi connectivity index (χ1n) is 2.00. The molecule has 0 radical (unpaired) electrons. The van der Waals surface area contributed by atoms with Gasteiger partial charge in [0.15, 0.2) is 11.6 Å². The minimum absolute atomic E-state index is 0.250. The molecule has 1 rings (SSSR count). The van der Waals surface area contributed by atoms with Gasteiger partial charge in [0.05, 0.1) is 0 Å².